The van der Waals surface area contributed by atoms with Crippen LogP contribution in [0.4, 0.5) is 19.0 Å². The average Bonchev–Trinajstić information content (AvgIpc) is 2.31. The van der Waals surface area contributed by atoms with Crippen molar-refractivity contribution in [2.75, 3.05) is 7.11 Å². The van der Waals surface area contributed by atoms with E-state index in [2.05, 4.69) is 14.5 Å². The normalized spacial score (nSPS) is 11.1. The standard InChI is InChI=1S/C9H6F3IN2O5/c1-19-5(16)2-4-3-14-8(15(17)18)6(13)7(4)20-9(10,11)12/h3H,2H2,1H3. The molecule has 20 heavy (non-hydrogen) atoms. The molecule has 0 spiro atoms. The summed E-state index contributed by atoms with van der Waals surface area (Å²) < 4.78 is 44.6. The minimum absolute atomic E-state index is 0.260. The van der Waals surface area contributed by atoms with Gasteiger partial charge in [0.15, 0.2) is 9.32 Å². The first kappa shape index (κ1) is 16.4. The SMILES string of the molecule is COC(=O)Cc1cnc([N+](=O)[O-])c(I)c1OC(F)(F)F. The summed E-state index contributed by atoms with van der Waals surface area (Å²) in [6.07, 6.45) is -4.83. The Balaban J connectivity index is 3.33. The molecular formula is C9H6F3IN2O5. The number of alkyl halides is 3. The van der Waals surface area contributed by atoms with Crippen LogP contribution in [-0.2, 0) is 16.0 Å². The first-order valence-corrected chi connectivity index (χ1v) is 5.88. The Bertz CT molecular complexity index is 549. The van der Waals surface area contributed by atoms with E-state index in [4.69, 9.17) is 0 Å². The maximum absolute atomic E-state index is 12.3. The van der Waals surface area contributed by atoms with Gasteiger partial charge < -0.3 is 19.6 Å². The van der Waals surface area contributed by atoms with Gasteiger partial charge in [-0.15, -0.1) is 13.2 Å². The number of nitro groups is 1. The summed E-state index contributed by atoms with van der Waals surface area (Å²) in [5, 5.41) is 10.6. The number of pyridine rings is 1. The Labute approximate surface area is 123 Å². The molecule has 1 aromatic heterocycles. The van der Waals surface area contributed by atoms with Crippen LogP contribution < -0.4 is 4.74 Å². The fourth-order valence-electron chi connectivity index (χ4n) is 1.20. The van der Waals surface area contributed by atoms with Crippen molar-refractivity contribution in [2.24, 2.45) is 0 Å². The second-order valence-corrected chi connectivity index (χ2v) is 4.39. The van der Waals surface area contributed by atoms with Crippen molar-refractivity contribution in [3.63, 3.8) is 0 Å². The quantitative estimate of drug-likeness (QED) is 0.330. The van der Waals surface area contributed by atoms with E-state index < -0.39 is 38.8 Å². The van der Waals surface area contributed by atoms with Gasteiger partial charge in [0.1, 0.15) is 6.20 Å². The largest absolute Gasteiger partial charge is 0.573 e. The fraction of sp³-hybridized carbons (Fsp3) is 0.333. The summed E-state index contributed by atoms with van der Waals surface area (Å²) in [6.45, 7) is 0. The lowest BCUT2D eigenvalue weighted by Crippen LogP contribution is -2.20. The molecule has 1 heterocycles. The van der Waals surface area contributed by atoms with Crippen molar-refractivity contribution in [3.05, 3.63) is 25.4 Å². The highest BCUT2D eigenvalue weighted by Crippen LogP contribution is 2.35. The maximum Gasteiger partial charge on any atom is 0.573 e. The summed E-state index contributed by atoms with van der Waals surface area (Å²) in [4.78, 5) is 24.2. The molecule has 0 aliphatic carbocycles. The molecule has 0 aliphatic heterocycles. The molecule has 11 heteroatoms. The average molecular weight is 406 g/mol. The Morgan fingerprint density at radius 2 is 2.15 bits per heavy atom. The van der Waals surface area contributed by atoms with Gasteiger partial charge in [0.05, 0.1) is 19.1 Å². The molecule has 110 valence electrons. The molecule has 0 amide bonds. The van der Waals surface area contributed by atoms with Crippen LogP contribution in [0.3, 0.4) is 0 Å². The van der Waals surface area contributed by atoms with E-state index in [1.807, 2.05) is 0 Å². The van der Waals surface area contributed by atoms with Crippen molar-refractivity contribution in [3.8, 4) is 5.75 Å². The van der Waals surface area contributed by atoms with E-state index in [0.717, 1.165) is 13.3 Å². The smallest absolute Gasteiger partial charge is 0.469 e. The molecule has 0 aromatic carbocycles. The highest BCUT2D eigenvalue weighted by Gasteiger charge is 2.36. The lowest BCUT2D eigenvalue weighted by atomic mass is 10.2. The van der Waals surface area contributed by atoms with Crippen LogP contribution >= 0.6 is 22.6 Å². The minimum Gasteiger partial charge on any atom is -0.469 e. The second kappa shape index (κ2) is 6.19. The van der Waals surface area contributed by atoms with E-state index in [0.29, 0.717) is 0 Å². The third-order valence-corrected chi connectivity index (χ3v) is 2.96. The van der Waals surface area contributed by atoms with Gasteiger partial charge in [0, 0.05) is 0 Å². The molecule has 0 aliphatic rings. The van der Waals surface area contributed by atoms with Crippen LogP contribution in [-0.4, -0.2) is 29.3 Å². The van der Waals surface area contributed by atoms with Crippen LogP contribution in [0.15, 0.2) is 6.20 Å². The molecule has 7 nitrogen and oxygen atoms in total. The molecule has 0 bridgehead atoms. The van der Waals surface area contributed by atoms with Gasteiger partial charge in [0.25, 0.3) is 0 Å². The van der Waals surface area contributed by atoms with E-state index >= 15 is 0 Å². The zero-order valence-corrected chi connectivity index (χ0v) is 11.9. The van der Waals surface area contributed by atoms with Crippen LogP contribution in [0.5, 0.6) is 5.75 Å². The van der Waals surface area contributed by atoms with Gasteiger partial charge in [-0.1, -0.05) is 0 Å². The minimum atomic E-state index is -5.06. The van der Waals surface area contributed by atoms with E-state index in [1.54, 1.807) is 0 Å². The molecule has 0 radical (unpaired) electrons. The Kier molecular flexibility index (Phi) is 5.08. The topological polar surface area (TPSA) is 91.6 Å². The number of hydrogen-bond donors (Lipinski definition) is 0. The van der Waals surface area contributed by atoms with Crippen molar-refractivity contribution in [1.29, 1.82) is 0 Å². The zero-order chi connectivity index (χ0) is 15.5. The first-order chi connectivity index (χ1) is 9.15. The van der Waals surface area contributed by atoms with Gasteiger partial charge >= 0.3 is 18.1 Å². The number of rotatable bonds is 4. The number of methoxy groups -OCH3 is 1. The summed E-state index contributed by atoms with van der Waals surface area (Å²) in [5.41, 5.74) is -0.260. The molecule has 0 atom stereocenters. The van der Waals surface area contributed by atoms with Crippen molar-refractivity contribution >= 4 is 34.4 Å². The predicted octanol–water partition coefficient (Wildman–Crippen LogP) is 2.21. The predicted molar refractivity (Wildman–Crippen MR) is 66.0 cm³/mol. The number of halogens is 4. The van der Waals surface area contributed by atoms with Gasteiger partial charge in [0.2, 0.25) is 0 Å². The highest BCUT2D eigenvalue weighted by molar-refractivity contribution is 14.1. The molecular weight excluding hydrogens is 400 g/mol. The number of hydrogen-bond acceptors (Lipinski definition) is 6. The van der Waals surface area contributed by atoms with Gasteiger partial charge in [-0.25, -0.2) is 0 Å². The summed E-state index contributed by atoms with van der Waals surface area (Å²) >= 11 is 1.30. The number of ether oxygens (including phenoxy) is 2. The summed E-state index contributed by atoms with van der Waals surface area (Å²) in [5.74, 6) is -2.45. The van der Waals surface area contributed by atoms with Crippen LogP contribution in [0.25, 0.3) is 0 Å². The Hall–Kier alpha value is -1.66. The Morgan fingerprint density at radius 1 is 1.55 bits per heavy atom. The lowest BCUT2D eigenvalue weighted by molar-refractivity contribution is -0.390. The van der Waals surface area contributed by atoms with Gasteiger partial charge in [-0.3, -0.25) is 4.79 Å². The van der Waals surface area contributed by atoms with E-state index in [1.165, 1.54) is 22.6 Å². The van der Waals surface area contributed by atoms with Crippen molar-refractivity contribution < 1.29 is 32.4 Å². The van der Waals surface area contributed by atoms with E-state index in [-0.39, 0.29) is 5.56 Å². The lowest BCUT2D eigenvalue weighted by Gasteiger charge is -2.13. The van der Waals surface area contributed by atoms with Gasteiger partial charge in [-0.05, 0) is 32.5 Å². The molecule has 0 unspecified atom stereocenters. The fourth-order valence-corrected chi connectivity index (χ4v) is 2.00. The Morgan fingerprint density at radius 3 is 2.60 bits per heavy atom. The third-order valence-electron chi connectivity index (χ3n) is 1.98. The number of carbonyl (C=O) groups excluding carboxylic acids is 1. The van der Waals surface area contributed by atoms with Crippen molar-refractivity contribution in [2.45, 2.75) is 12.8 Å². The summed E-state index contributed by atoms with van der Waals surface area (Å²) in [7, 11) is 1.05. The first-order valence-electron chi connectivity index (χ1n) is 4.80. The number of carbonyl (C=O) groups is 1. The van der Waals surface area contributed by atoms with Crippen LogP contribution in [0, 0.1) is 13.7 Å². The van der Waals surface area contributed by atoms with Crippen LogP contribution in [0.2, 0.25) is 0 Å². The molecule has 0 saturated heterocycles. The third kappa shape index (κ3) is 4.18. The summed E-state index contributed by atoms with van der Waals surface area (Å²) in [6, 6.07) is 0. The molecule has 0 saturated carbocycles. The van der Waals surface area contributed by atoms with Crippen molar-refractivity contribution in [1.82, 2.24) is 4.98 Å². The second-order valence-electron chi connectivity index (χ2n) is 3.31. The number of esters is 1. The zero-order valence-electron chi connectivity index (χ0n) is 9.73. The molecule has 1 aromatic rings. The number of aromatic nitrogens is 1. The molecule has 0 fully saturated rings. The maximum atomic E-state index is 12.3. The number of nitrogens with zero attached hydrogens (tertiary/aromatic N) is 2. The van der Waals surface area contributed by atoms with E-state index in [9.17, 15) is 28.1 Å². The molecule has 1 rings (SSSR count). The van der Waals surface area contributed by atoms with Gasteiger partial charge in [-0.2, -0.15) is 0 Å². The molecule has 0 N–H and O–H groups in total. The highest BCUT2D eigenvalue weighted by atomic mass is 127. The monoisotopic (exact) mass is 406 g/mol. The van der Waals surface area contributed by atoms with Crippen LogP contribution in [0.1, 0.15) is 5.56 Å².